The molecule has 0 aliphatic heterocycles. The van der Waals surface area contributed by atoms with E-state index < -0.39 is 23.1 Å². The van der Waals surface area contributed by atoms with E-state index >= 15 is 0 Å². The monoisotopic (exact) mass is 259 g/mol. The molecule has 1 rings (SSSR count). The van der Waals surface area contributed by atoms with Gasteiger partial charge in [0.2, 0.25) is 5.82 Å². The van der Waals surface area contributed by atoms with Crippen molar-refractivity contribution in [1.82, 2.24) is 0 Å². The molecule has 0 saturated heterocycles. The lowest BCUT2D eigenvalue weighted by atomic mass is 9.98. The molecule has 1 aromatic carbocycles. The van der Waals surface area contributed by atoms with Gasteiger partial charge in [0.05, 0.1) is 6.61 Å². The molecule has 0 fully saturated rings. The van der Waals surface area contributed by atoms with Crippen LogP contribution < -0.4 is 10.5 Å². The Hall–Kier alpha value is -1.69. The first-order valence-electron chi connectivity index (χ1n) is 5.43. The number of benzene rings is 1. The number of halogens is 2. The lowest BCUT2D eigenvalue weighted by Crippen LogP contribution is -2.44. The van der Waals surface area contributed by atoms with Crippen molar-refractivity contribution in [3.8, 4) is 5.75 Å². The number of carboxylic acid groups (broad SMARTS) is 1. The number of nitrogens with two attached hydrogens (primary N) is 1. The van der Waals surface area contributed by atoms with E-state index in [0.29, 0.717) is 6.42 Å². The summed E-state index contributed by atoms with van der Waals surface area (Å²) in [6.07, 6.45) is 0.508. The van der Waals surface area contributed by atoms with Crippen LogP contribution in [0.15, 0.2) is 18.2 Å². The van der Waals surface area contributed by atoms with Crippen LogP contribution in [-0.2, 0) is 4.79 Å². The number of rotatable bonds is 6. The van der Waals surface area contributed by atoms with Crippen LogP contribution in [0.5, 0.6) is 5.75 Å². The fourth-order valence-electron chi connectivity index (χ4n) is 1.32. The van der Waals surface area contributed by atoms with E-state index in [2.05, 4.69) is 0 Å². The van der Waals surface area contributed by atoms with E-state index in [1.807, 2.05) is 0 Å². The Morgan fingerprint density at radius 2 is 2.17 bits per heavy atom. The summed E-state index contributed by atoms with van der Waals surface area (Å²) in [5.74, 6) is -3.34. The number of hydrogen-bond donors (Lipinski definition) is 2. The first kappa shape index (κ1) is 14.4. The Kier molecular flexibility index (Phi) is 4.61. The van der Waals surface area contributed by atoms with Crippen molar-refractivity contribution in [2.75, 3.05) is 6.61 Å². The Balaban J connectivity index is 2.43. The Labute approximate surface area is 103 Å². The Bertz CT molecular complexity index is 435. The maximum absolute atomic E-state index is 13.2. The van der Waals surface area contributed by atoms with Crippen LogP contribution in [0.4, 0.5) is 8.78 Å². The third-order valence-electron chi connectivity index (χ3n) is 2.50. The zero-order valence-electron chi connectivity index (χ0n) is 9.95. The van der Waals surface area contributed by atoms with Gasteiger partial charge in [-0.05, 0) is 31.9 Å². The van der Waals surface area contributed by atoms with Crippen LogP contribution in [0, 0.1) is 11.6 Å². The summed E-state index contributed by atoms with van der Waals surface area (Å²) in [6, 6.07) is 3.62. The van der Waals surface area contributed by atoms with Gasteiger partial charge in [-0.3, -0.25) is 4.79 Å². The molecule has 0 aliphatic rings. The van der Waals surface area contributed by atoms with E-state index in [1.165, 1.54) is 19.1 Å². The molecule has 1 unspecified atom stereocenters. The molecule has 3 N–H and O–H groups in total. The number of aliphatic carboxylic acids is 1. The molecule has 0 aromatic heterocycles. The maximum atomic E-state index is 13.2. The molecule has 0 aliphatic carbocycles. The van der Waals surface area contributed by atoms with Gasteiger partial charge in [-0.1, -0.05) is 6.07 Å². The Morgan fingerprint density at radius 3 is 2.78 bits per heavy atom. The zero-order valence-corrected chi connectivity index (χ0v) is 9.95. The molecule has 0 radical (unpaired) electrons. The normalized spacial score (nSPS) is 14.0. The largest absolute Gasteiger partial charge is 0.490 e. The molecule has 0 amide bonds. The SMILES string of the molecule is CC(N)(CCCOc1cccc(F)c1F)C(=O)O. The molecule has 18 heavy (non-hydrogen) atoms. The minimum Gasteiger partial charge on any atom is -0.490 e. The number of carbonyl (C=O) groups is 1. The summed E-state index contributed by atoms with van der Waals surface area (Å²) in [5, 5.41) is 8.76. The van der Waals surface area contributed by atoms with E-state index in [1.54, 1.807) is 0 Å². The topological polar surface area (TPSA) is 72.5 Å². The molecule has 0 saturated carbocycles. The van der Waals surface area contributed by atoms with Gasteiger partial charge < -0.3 is 15.6 Å². The number of ether oxygens (including phenoxy) is 1. The summed E-state index contributed by atoms with van der Waals surface area (Å²) in [7, 11) is 0. The molecule has 1 atom stereocenters. The lowest BCUT2D eigenvalue weighted by Gasteiger charge is -2.18. The van der Waals surface area contributed by atoms with Crippen molar-refractivity contribution in [2.24, 2.45) is 5.73 Å². The van der Waals surface area contributed by atoms with Crippen molar-refractivity contribution in [3.63, 3.8) is 0 Å². The van der Waals surface area contributed by atoms with Crippen molar-refractivity contribution >= 4 is 5.97 Å². The van der Waals surface area contributed by atoms with Crippen molar-refractivity contribution in [2.45, 2.75) is 25.3 Å². The fourth-order valence-corrected chi connectivity index (χ4v) is 1.32. The average molecular weight is 259 g/mol. The van der Waals surface area contributed by atoms with E-state index in [9.17, 15) is 13.6 Å². The van der Waals surface area contributed by atoms with Crippen LogP contribution >= 0.6 is 0 Å². The number of hydrogen-bond acceptors (Lipinski definition) is 3. The van der Waals surface area contributed by atoms with Crippen molar-refractivity contribution in [1.29, 1.82) is 0 Å². The highest BCUT2D eigenvalue weighted by Gasteiger charge is 2.27. The second kappa shape index (κ2) is 5.77. The van der Waals surface area contributed by atoms with Crippen LogP contribution in [-0.4, -0.2) is 23.2 Å². The van der Waals surface area contributed by atoms with Gasteiger partial charge >= 0.3 is 5.97 Å². The van der Waals surface area contributed by atoms with Crippen LogP contribution in [0.25, 0.3) is 0 Å². The summed E-state index contributed by atoms with van der Waals surface area (Å²) in [4.78, 5) is 10.7. The van der Waals surface area contributed by atoms with Gasteiger partial charge in [-0.25, -0.2) is 4.39 Å². The van der Waals surface area contributed by atoms with Crippen LogP contribution in [0.1, 0.15) is 19.8 Å². The van der Waals surface area contributed by atoms with Gasteiger partial charge in [-0.15, -0.1) is 0 Å². The molecule has 6 heteroatoms. The summed E-state index contributed by atoms with van der Waals surface area (Å²) >= 11 is 0. The smallest absolute Gasteiger partial charge is 0.323 e. The van der Waals surface area contributed by atoms with Gasteiger partial charge in [0.15, 0.2) is 11.6 Å². The highest BCUT2D eigenvalue weighted by Crippen LogP contribution is 2.19. The van der Waals surface area contributed by atoms with Crippen LogP contribution in [0.2, 0.25) is 0 Å². The third kappa shape index (κ3) is 3.66. The molecule has 1 aromatic rings. The molecule has 100 valence electrons. The van der Waals surface area contributed by atoms with Gasteiger partial charge in [0, 0.05) is 0 Å². The predicted octanol–water partition coefficient (Wildman–Crippen LogP) is 1.93. The minimum absolute atomic E-state index is 0.0699. The molecular weight excluding hydrogens is 244 g/mol. The molecule has 0 bridgehead atoms. The second-order valence-corrected chi connectivity index (χ2v) is 4.23. The summed E-state index contributed by atoms with van der Waals surface area (Å²) in [6.45, 7) is 1.46. The summed E-state index contributed by atoms with van der Waals surface area (Å²) < 4.78 is 31.0. The zero-order chi connectivity index (χ0) is 13.8. The number of carboxylic acids is 1. The second-order valence-electron chi connectivity index (χ2n) is 4.23. The first-order valence-corrected chi connectivity index (χ1v) is 5.43. The Morgan fingerprint density at radius 1 is 1.50 bits per heavy atom. The van der Waals surface area contributed by atoms with Gasteiger partial charge in [0.1, 0.15) is 5.54 Å². The van der Waals surface area contributed by atoms with Crippen LogP contribution in [0.3, 0.4) is 0 Å². The van der Waals surface area contributed by atoms with E-state index in [-0.39, 0.29) is 18.8 Å². The molecular formula is C12H15F2NO3. The van der Waals surface area contributed by atoms with Gasteiger partial charge in [0.25, 0.3) is 0 Å². The van der Waals surface area contributed by atoms with Crippen molar-refractivity contribution < 1.29 is 23.4 Å². The van der Waals surface area contributed by atoms with Crippen molar-refractivity contribution in [3.05, 3.63) is 29.8 Å². The molecule has 4 nitrogen and oxygen atoms in total. The standard InChI is InChI=1S/C12H15F2NO3/c1-12(15,11(16)17)6-3-7-18-9-5-2-4-8(13)10(9)14/h2,4-5H,3,6-7,15H2,1H3,(H,16,17). The fraction of sp³-hybridized carbons (Fsp3) is 0.417. The summed E-state index contributed by atoms with van der Waals surface area (Å²) in [5.41, 5.74) is 4.16. The highest BCUT2D eigenvalue weighted by atomic mass is 19.2. The molecule has 0 spiro atoms. The minimum atomic E-state index is -1.34. The first-order chi connectivity index (χ1) is 8.34. The van der Waals surface area contributed by atoms with Gasteiger partial charge in [-0.2, -0.15) is 4.39 Å². The lowest BCUT2D eigenvalue weighted by molar-refractivity contribution is -0.143. The maximum Gasteiger partial charge on any atom is 0.323 e. The van der Waals surface area contributed by atoms with E-state index in [4.69, 9.17) is 15.6 Å². The molecule has 0 heterocycles. The predicted molar refractivity (Wildman–Crippen MR) is 61.3 cm³/mol. The quantitative estimate of drug-likeness (QED) is 0.765. The third-order valence-corrected chi connectivity index (χ3v) is 2.50. The highest BCUT2D eigenvalue weighted by molar-refractivity contribution is 5.77. The van der Waals surface area contributed by atoms with E-state index in [0.717, 1.165) is 6.07 Å². The average Bonchev–Trinajstić information content (AvgIpc) is 2.29.